The number of aliphatic carboxylic acids is 1. The molecule has 4 nitrogen and oxygen atoms in total. The molecule has 17 heavy (non-hydrogen) atoms. The van der Waals surface area contributed by atoms with Gasteiger partial charge in [-0.05, 0) is 19.4 Å². The SMILES string of the molecule is CC(C)OC(=O)CC(C(=O)[O-])c1ccccc1. The summed E-state index contributed by atoms with van der Waals surface area (Å²) in [6.07, 6.45) is -0.453. The van der Waals surface area contributed by atoms with Crippen molar-refractivity contribution in [3.8, 4) is 0 Å². The van der Waals surface area contributed by atoms with Crippen LogP contribution in [0.3, 0.4) is 0 Å². The highest BCUT2D eigenvalue weighted by Gasteiger charge is 2.18. The van der Waals surface area contributed by atoms with Gasteiger partial charge in [0.2, 0.25) is 0 Å². The van der Waals surface area contributed by atoms with Gasteiger partial charge in [-0.2, -0.15) is 0 Å². The van der Waals surface area contributed by atoms with Crippen molar-refractivity contribution in [3.63, 3.8) is 0 Å². The van der Waals surface area contributed by atoms with E-state index >= 15 is 0 Å². The van der Waals surface area contributed by atoms with Crippen LogP contribution in [0, 0.1) is 0 Å². The number of esters is 1. The first-order chi connectivity index (χ1) is 8.00. The molecule has 0 fully saturated rings. The standard InChI is InChI=1S/C13H16O4/c1-9(2)17-12(14)8-11(13(15)16)10-6-4-3-5-7-10/h3-7,9,11H,8H2,1-2H3,(H,15,16)/p-1. The Bertz CT molecular complexity index is 384. The van der Waals surface area contributed by atoms with Gasteiger partial charge in [0.15, 0.2) is 0 Å². The predicted molar refractivity (Wildman–Crippen MR) is 60.0 cm³/mol. The maximum Gasteiger partial charge on any atom is 0.307 e. The summed E-state index contributed by atoms with van der Waals surface area (Å²) in [7, 11) is 0. The average molecular weight is 235 g/mol. The number of hydrogen-bond donors (Lipinski definition) is 0. The van der Waals surface area contributed by atoms with Crippen molar-refractivity contribution in [1.29, 1.82) is 0 Å². The van der Waals surface area contributed by atoms with Crippen LogP contribution in [0.5, 0.6) is 0 Å². The zero-order valence-electron chi connectivity index (χ0n) is 9.88. The minimum Gasteiger partial charge on any atom is -0.549 e. The monoisotopic (exact) mass is 235 g/mol. The second-order valence-corrected chi connectivity index (χ2v) is 4.03. The average Bonchev–Trinajstić information content (AvgIpc) is 2.25. The highest BCUT2D eigenvalue weighted by atomic mass is 16.5. The molecule has 1 aromatic carbocycles. The molecule has 1 atom stereocenters. The molecular formula is C13H15O4-. The minimum atomic E-state index is -1.27. The topological polar surface area (TPSA) is 66.4 Å². The van der Waals surface area contributed by atoms with Crippen LogP contribution in [0.4, 0.5) is 0 Å². The lowest BCUT2D eigenvalue weighted by molar-refractivity contribution is -0.308. The summed E-state index contributed by atoms with van der Waals surface area (Å²) in [6.45, 7) is 3.43. The molecule has 1 aromatic rings. The van der Waals surface area contributed by atoms with Gasteiger partial charge in [0.25, 0.3) is 0 Å². The van der Waals surface area contributed by atoms with E-state index in [1.54, 1.807) is 44.2 Å². The van der Waals surface area contributed by atoms with Crippen LogP contribution in [-0.4, -0.2) is 18.0 Å². The summed E-state index contributed by atoms with van der Waals surface area (Å²) in [6, 6.07) is 8.53. The maximum atomic E-state index is 11.4. The summed E-state index contributed by atoms with van der Waals surface area (Å²) in [5.74, 6) is -2.75. The molecule has 0 spiro atoms. The van der Waals surface area contributed by atoms with Crippen LogP contribution in [0.25, 0.3) is 0 Å². The van der Waals surface area contributed by atoms with E-state index in [1.807, 2.05) is 0 Å². The van der Waals surface area contributed by atoms with Crippen molar-refractivity contribution in [2.45, 2.75) is 32.3 Å². The van der Waals surface area contributed by atoms with E-state index in [0.29, 0.717) is 5.56 Å². The first kappa shape index (κ1) is 13.2. The first-order valence-corrected chi connectivity index (χ1v) is 5.46. The van der Waals surface area contributed by atoms with Crippen LogP contribution >= 0.6 is 0 Å². The Morgan fingerprint density at radius 2 is 1.82 bits per heavy atom. The van der Waals surface area contributed by atoms with Gasteiger partial charge in [-0.25, -0.2) is 0 Å². The maximum absolute atomic E-state index is 11.4. The van der Waals surface area contributed by atoms with Crippen LogP contribution in [0.2, 0.25) is 0 Å². The van der Waals surface area contributed by atoms with Gasteiger partial charge in [0, 0.05) is 11.9 Å². The van der Waals surface area contributed by atoms with E-state index in [0.717, 1.165) is 0 Å². The highest BCUT2D eigenvalue weighted by Crippen LogP contribution is 2.19. The lowest BCUT2D eigenvalue weighted by atomic mass is 9.96. The molecule has 92 valence electrons. The van der Waals surface area contributed by atoms with E-state index in [2.05, 4.69) is 0 Å². The normalized spacial score (nSPS) is 12.2. The number of ether oxygens (including phenoxy) is 1. The van der Waals surface area contributed by atoms with Crippen molar-refractivity contribution < 1.29 is 19.4 Å². The number of carbonyl (C=O) groups excluding carboxylic acids is 2. The number of carbonyl (C=O) groups is 2. The largest absolute Gasteiger partial charge is 0.549 e. The third-order valence-corrected chi connectivity index (χ3v) is 2.22. The molecule has 0 N–H and O–H groups in total. The summed E-state index contributed by atoms with van der Waals surface area (Å²) >= 11 is 0. The Kier molecular flexibility index (Phi) is 4.69. The molecule has 0 aliphatic heterocycles. The van der Waals surface area contributed by atoms with Gasteiger partial charge in [0.05, 0.1) is 12.5 Å². The molecule has 0 amide bonds. The molecule has 0 bridgehead atoms. The third-order valence-electron chi connectivity index (χ3n) is 2.22. The zero-order chi connectivity index (χ0) is 12.8. The fraction of sp³-hybridized carbons (Fsp3) is 0.385. The molecule has 1 rings (SSSR count). The molecule has 0 heterocycles. The molecule has 0 aliphatic carbocycles. The quantitative estimate of drug-likeness (QED) is 0.710. The Morgan fingerprint density at radius 3 is 2.29 bits per heavy atom. The van der Waals surface area contributed by atoms with Crippen molar-refractivity contribution in [3.05, 3.63) is 35.9 Å². The fourth-order valence-corrected chi connectivity index (χ4v) is 1.50. The van der Waals surface area contributed by atoms with E-state index in [-0.39, 0.29) is 12.5 Å². The summed E-state index contributed by atoms with van der Waals surface area (Å²) in [5.41, 5.74) is 0.549. The van der Waals surface area contributed by atoms with Crippen molar-refractivity contribution in [2.24, 2.45) is 0 Å². The molecular weight excluding hydrogens is 220 g/mol. The minimum absolute atomic E-state index is 0.204. The smallest absolute Gasteiger partial charge is 0.307 e. The Balaban J connectivity index is 2.75. The van der Waals surface area contributed by atoms with Gasteiger partial charge in [0.1, 0.15) is 0 Å². The van der Waals surface area contributed by atoms with E-state index in [9.17, 15) is 14.7 Å². The lowest BCUT2D eigenvalue weighted by Crippen LogP contribution is -2.32. The summed E-state index contributed by atoms with van der Waals surface area (Å²) in [5, 5.41) is 11.0. The molecule has 0 aromatic heterocycles. The van der Waals surface area contributed by atoms with E-state index in [4.69, 9.17) is 4.74 Å². The van der Waals surface area contributed by atoms with Crippen LogP contribution in [0.1, 0.15) is 31.7 Å². The second-order valence-electron chi connectivity index (χ2n) is 4.03. The molecule has 4 heteroatoms. The van der Waals surface area contributed by atoms with Gasteiger partial charge >= 0.3 is 5.97 Å². The predicted octanol–water partition coefficient (Wildman–Crippen LogP) is 0.862. The Morgan fingerprint density at radius 1 is 1.24 bits per heavy atom. The van der Waals surface area contributed by atoms with Crippen molar-refractivity contribution in [2.75, 3.05) is 0 Å². The third kappa shape index (κ3) is 4.26. The van der Waals surface area contributed by atoms with Crippen LogP contribution in [-0.2, 0) is 14.3 Å². The van der Waals surface area contributed by atoms with Gasteiger partial charge < -0.3 is 14.6 Å². The molecule has 0 saturated carbocycles. The van der Waals surface area contributed by atoms with Gasteiger partial charge in [-0.15, -0.1) is 0 Å². The Hall–Kier alpha value is -1.84. The second kappa shape index (κ2) is 6.03. The zero-order valence-corrected chi connectivity index (χ0v) is 9.88. The Labute approximate surface area is 100 Å². The number of hydrogen-bond acceptors (Lipinski definition) is 4. The molecule has 1 unspecified atom stereocenters. The van der Waals surface area contributed by atoms with Crippen LogP contribution < -0.4 is 5.11 Å². The molecule has 0 aliphatic rings. The number of rotatable bonds is 5. The first-order valence-electron chi connectivity index (χ1n) is 5.46. The van der Waals surface area contributed by atoms with Crippen LogP contribution in [0.15, 0.2) is 30.3 Å². The number of benzene rings is 1. The van der Waals surface area contributed by atoms with E-state index in [1.165, 1.54) is 0 Å². The molecule has 0 saturated heterocycles. The van der Waals surface area contributed by atoms with Gasteiger partial charge in [-0.3, -0.25) is 4.79 Å². The highest BCUT2D eigenvalue weighted by molar-refractivity contribution is 5.82. The number of carboxylic acids is 1. The summed E-state index contributed by atoms with van der Waals surface area (Å²) in [4.78, 5) is 22.4. The van der Waals surface area contributed by atoms with E-state index < -0.39 is 17.9 Å². The lowest BCUT2D eigenvalue weighted by Gasteiger charge is -2.18. The summed E-state index contributed by atoms with van der Waals surface area (Å²) < 4.78 is 4.92. The van der Waals surface area contributed by atoms with Crippen molar-refractivity contribution >= 4 is 11.9 Å². The van der Waals surface area contributed by atoms with Crippen molar-refractivity contribution in [1.82, 2.24) is 0 Å². The van der Waals surface area contributed by atoms with Gasteiger partial charge in [-0.1, -0.05) is 30.3 Å². The number of carboxylic acid groups (broad SMARTS) is 1. The fourth-order valence-electron chi connectivity index (χ4n) is 1.50. The molecule has 0 radical (unpaired) electrons.